The zero-order valence-electron chi connectivity index (χ0n) is 19.4. The van der Waals surface area contributed by atoms with Crippen LogP contribution in [-0.2, 0) is 12.8 Å². The van der Waals surface area contributed by atoms with Gasteiger partial charge in [0, 0.05) is 17.0 Å². The van der Waals surface area contributed by atoms with Crippen LogP contribution in [0.1, 0.15) is 102 Å². The summed E-state index contributed by atoms with van der Waals surface area (Å²) < 4.78 is 0. The summed E-state index contributed by atoms with van der Waals surface area (Å²) in [6.45, 7) is 4.59. The lowest BCUT2D eigenvalue weighted by Crippen LogP contribution is -1.99. The van der Waals surface area contributed by atoms with Crippen molar-refractivity contribution < 1.29 is 0 Å². The molecular formula is C29H41N. The van der Waals surface area contributed by atoms with E-state index in [0.29, 0.717) is 0 Å². The molecule has 1 nitrogen and oxygen atoms in total. The molecule has 0 N–H and O–H groups in total. The summed E-state index contributed by atoms with van der Waals surface area (Å²) in [4.78, 5) is 4.81. The summed E-state index contributed by atoms with van der Waals surface area (Å²) in [7, 11) is 0. The Labute approximate surface area is 184 Å². The second-order valence-electron chi connectivity index (χ2n) is 8.98. The Morgan fingerprint density at radius 3 is 2.00 bits per heavy atom. The number of unbranched alkanes of at least 4 members (excludes halogenated alkanes) is 10. The minimum absolute atomic E-state index is 1.17. The molecule has 1 heterocycles. The van der Waals surface area contributed by atoms with Crippen molar-refractivity contribution in [3.63, 3.8) is 0 Å². The van der Waals surface area contributed by atoms with E-state index in [9.17, 15) is 0 Å². The maximum atomic E-state index is 4.81. The first-order valence-electron chi connectivity index (χ1n) is 12.6. The van der Waals surface area contributed by atoms with Gasteiger partial charge in [-0.25, -0.2) is 0 Å². The second kappa shape index (κ2) is 12.7. The van der Waals surface area contributed by atoms with E-state index in [1.807, 2.05) is 6.20 Å². The van der Waals surface area contributed by atoms with Crippen LogP contribution in [0.3, 0.4) is 0 Å². The molecule has 0 unspecified atom stereocenters. The van der Waals surface area contributed by atoms with Gasteiger partial charge in [-0.3, -0.25) is 4.98 Å². The van der Waals surface area contributed by atoms with Gasteiger partial charge in [-0.05, 0) is 48.3 Å². The van der Waals surface area contributed by atoms with E-state index in [-0.39, 0.29) is 0 Å². The van der Waals surface area contributed by atoms with Crippen LogP contribution in [0.15, 0.2) is 42.6 Å². The molecule has 0 fully saturated rings. The summed E-state index contributed by atoms with van der Waals surface area (Å²) in [6, 6.07) is 13.4. The molecule has 3 aromatic rings. The van der Waals surface area contributed by atoms with Gasteiger partial charge in [0.2, 0.25) is 0 Å². The SMILES string of the molecule is CCCCCCCCc1ccc2ncc3ccccc3c2c1CCCCCCCC. The highest BCUT2D eigenvalue weighted by molar-refractivity contribution is 6.07. The van der Waals surface area contributed by atoms with E-state index in [4.69, 9.17) is 4.98 Å². The first-order chi connectivity index (χ1) is 14.8. The fourth-order valence-electron chi connectivity index (χ4n) is 4.76. The highest BCUT2D eigenvalue weighted by atomic mass is 14.6. The molecule has 30 heavy (non-hydrogen) atoms. The molecule has 2 aromatic carbocycles. The van der Waals surface area contributed by atoms with Crippen molar-refractivity contribution in [1.29, 1.82) is 0 Å². The van der Waals surface area contributed by atoms with Gasteiger partial charge in [0.25, 0.3) is 0 Å². The van der Waals surface area contributed by atoms with Crippen LogP contribution in [0.25, 0.3) is 21.7 Å². The fourth-order valence-corrected chi connectivity index (χ4v) is 4.76. The summed E-state index contributed by atoms with van der Waals surface area (Å²) in [5.74, 6) is 0. The van der Waals surface area contributed by atoms with Gasteiger partial charge in [-0.1, -0.05) is 108 Å². The molecule has 0 bridgehead atoms. The quantitative estimate of drug-likeness (QED) is 0.193. The van der Waals surface area contributed by atoms with E-state index in [1.54, 1.807) is 11.1 Å². The Morgan fingerprint density at radius 1 is 0.633 bits per heavy atom. The number of fused-ring (bicyclic) bond motifs is 3. The number of nitrogens with zero attached hydrogens (tertiary/aromatic N) is 1. The lowest BCUT2D eigenvalue weighted by Gasteiger charge is -2.15. The third-order valence-electron chi connectivity index (χ3n) is 6.54. The average Bonchev–Trinajstić information content (AvgIpc) is 2.78. The van der Waals surface area contributed by atoms with Crippen molar-refractivity contribution in [1.82, 2.24) is 4.98 Å². The summed E-state index contributed by atoms with van der Waals surface area (Å²) >= 11 is 0. The van der Waals surface area contributed by atoms with E-state index in [1.165, 1.54) is 112 Å². The average molecular weight is 404 g/mol. The number of hydrogen-bond acceptors (Lipinski definition) is 1. The number of benzene rings is 2. The summed E-state index contributed by atoms with van der Waals surface area (Å²) in [6.07, 6.45) is 20.8. The first-order valence-corrected chi connectivity index (χ1v) is 12.6. The number of hydrogen-bond donors (Lipinski definition) is 0. The smallest absolute Gasteiger partial charge is 0.0711 e. The van der Waals surface area contributed by atoms with Gasteiger partial charge in [-0.2, -0.15) is 0 Å². The molecule has 0 amide bonds. The Bertz CT molecular complexity index is 895. The number of pyridine rings is 1. The maximum Gasteiger partial charge on any atom is 0.0711 e. The monoisotopic (exact) mass is 403 g/mol. The molecule has 0 aliphatic rings. The van der Waals surface area contributed by atoms with Crippen LogP contribution in [0.5, 0.6) is 0 Å². The number of aryl methyl sites for hydroxylation is 2. The minimum Gasteiger partial charge on any atom is -0.256 e. The van der Waals surface area contributed by atoms with Crippen LogP contribution in [0.4, 0.5) is 0 Å². The summed E-state index contributed by atoms with van der Waals surface area (Å²) in [5.41, 5.74) is 4.33. The Balaban J connectivity index is 1.79. The number of aromatic nitrogens is 1. The molecule has 0 atom stereocenters. The van der Waals surface area contributed by atoms with Crippen molar-refractivity contribution in [3.05, 3.63) is 53.7 Å². The lowest BCUT2D eigenvalue weighted by molar-refractivity contribution is 0.600. The van der Waals surface area contributed by atoms with Crippen molar-refractivity contribution in [2.24, 2.45) is 0 Å². The van der Waals surface area contributed by atoms with Crippen LogP contribution >= 0.6 is 0 Å². The topological polar surface area (TPSA) is 12.9 Å². The van der Waals surface area contributed by atoms with Gasteiger partial charge in [0.1, 0.15) is 0 Å². The molecule has 0 saturated heterocycles. The molecular weight excluding hydrogens is 362 g/mol. The van der Waals surface area contributed by atoms with Crippen molar-refractivity contribution in [2.75, 3.05) is 0 Å². The molecule has 0 saturated carbocycles. The third-order valence-corrected chi connectivity index (χ3v) is 6.54. The predicted molar refractivity (Wildman–Crippen MR) is 133 cm³/mol. The lowest BCUT2D eigenvalue weighted by atomic mass is 9.91. The molecule has 0 aliphatic carbocycles. The molecule has 1 heteroatoms. The fraction of sp³-hybridized carbons (Fsp3) is 0.552. The van der Waals surface area contributed by atoms with Gasteiger partial charge in [0.05, 0.1) is 5.52 Å². The van der Waals surface area contributed by atoms with Crippen molar-refractivity contribution in [3.8, 4) is 0 Å². The third kappa shape index (κ3) is 6.30. The standard InChI is InChI=1S/C29H41N/c1-3-5-7-9-11-13-17-24-21-22-28-29(26(24)19-14-12-10-8-6-4-2)27-20-16-15-18-25(27)23-30-28/h15-16,18,20-23H,3-14,17,19H2,1-2H3. The van der Waals surface area contributed by atoms with Gasteiger partial charge in [-0.15, -0.1) is 0 Å². The van der Waals surface area contributed by atoms with Crippen LogP contribution in [0, 0.1) is 0 Å². The zero-order valence-corrected chi connectivity index (χ0v) is 19.4. The van der Waals surface area contributed by atoms with Gasteiger partial charge < -0.3 is 0 Å². The molecule has 0 radical (unpaired) electrons. The molecule has 1 aromatic heterocycles. The molecule has 0 spiro atoms. The van der Waals surface area contributed by atoms with E-state index in [2.05, 4.69) is 50.2 Å². The van der Waals surface area contributed by atoms with Gasteiger partial charge in [0.15, 0.2) is 0 Å². The van der Waals surface area contributed by atoms with Crippen LogP contribution in [0.2, 0.25) is 0 Å². The van der Waals surface area contributed by atoms with Crippen LogP contribution < -0.4 is 0 Å². The Kier molecular flexibility index (Phi) is 9.67. The molecule has 0 aliphatic heterocycles. The predicted octanol–water partition coefficient (Wildman–Crippen LogP) is 9.19. The highest BCUT2D eigenvalue weighted by Gasteiger charge is 2.12. The normalized spacial score (nSPS) is 11.5. The minimum atomic E-state index is 1.17. The number of rotatable bonds is 14. The second-order valence-corrected chi connectivity index (χ2v) is 8.98. The Morgan fingerprint density at radius 2 is 1.27 bits per heavy atom. The maximum absolute atomic E-state index is 4.81. The van der Waals surface area contributed by atoms with Crippen molar-refractivity contribution in [2.45, 2.75) is 104 Å². The van der Waals surface area contributed by atoms with E-state index >= 15 is 0 Å². The van der Waals surface area contributed by atoms with Gasteiger partial charge >= 0.3 is 0 Å². The summed E-state index contributed by atoms with van der Waals surface area (Å²) in [5, 5.41) is 4.07. The highest BCUT2D eigenvalue weighted by Crippen LogP contribution is 2.31. The van der Waals surface area contributed by atoms with Crippen molar-refractivity contribution >= 4 is 21.7 Å². The van der Waals surface area contributed by atoms with E-state index in [0.717, 1.165) is 0 Å². The Hall–Kier alpha value is -1.89. The van der Waals surface area contributed by atoms with E-state index < -0.39 is 0 Å². The molecule has 3 rings (SSSR count). The van der Waals surface area contributed by atoms with Crippen LogP contribution in [-0.4, -0.2) is 4.98 Å². The first kappa shape index (κ1) is 22.8. The largest absolute Gasteiger partial charge is 0.256 e. The zero-order chi connectivity index (χ0) is 21.0. The molecule has 162 valence electrons.